The molecule has 2 N–H and O–H groups in total. The van der Waals surface area contributed by atoms with Gasteiger partial charge in [-0.3, -0.25) is 4.79 Å². The maximum Gasteiger partial charge on any atom is 0.257 e. The van der Waals surface area contributed by atoms with E-state index in [0.717, 1.165) is 17.5 Å². The molecule has 0 bridgehead atoms. The van der Waals surface area contributed by atoms with Crippen molar-refractivity contribution >= 4 is 28.5 Å². The molecule has 1 amide bonds. The maximum atomic E-state index is 13.2. The summed E-state index contributed by atoms with van der Waals surface area (Å²) in [5, 5.41) is 3.46. The van der Waals surface area contributed by atoms with Gasteiger partial charge < -0.3 is 15.0 Å². The number of benzene rings is 2. The van der Waals surface area contributed by atoms with Crippen LogP contribution in [-0.2, 0) is 17.6 Å². The van der Waals surface area contributed by atoms with Gasteiger partial charge >= 0.3 is 0 Å². The summed E-state index contributed by atoms with van der Waals surface area (Å²) in [4.78, 5) is 19.3. The zero-order chi connectivity index (χ0) is 18.5. The molecule has 0 fully saturated rings. The second-order valence-electron chi connectivity index (χ2n) is 5.84. The molecule has 0 atom stereocenters. The van der Waals surface area contributed by atoms with Gasteiger partial charge in [0.25, 0.3) is 5.91 Å². The number of halogens is 2. The number of imidazole rings is 1. The summed E-state index contributed by atoms with van der Waals surface area (Å²) in [6.07, 6.45) is 1.31. The van der Waals surface area contributed by atoms with E-state index in [0.29, 0.717) is 35.1 Å². The van der Waals surface area contributed by atoms with Crippen molar-refractivity contribution in [3.63, 3.8) is 0 Å². The van der Waals surface area contributed by atoms with Gasteiger partial charge in [-0.15, -0.1) is 0 Å². The molecule has 26 heavy (non-hydrogen) atoms. The van der Waals surface area contributed by atoms with Gasteiger partial charge in [0.1, 0.15) is 17.4 Å². The van der Waals surface area contributed by atoms with Gasteiger partial charge in [0.2, 0.25) is 0 Å². The molecule has 3 rings (SSSR count). The predicted octanol–water partition coefficient (Wildman–Crippen LogP) is 3.66. The Bertz CT molecular complexity index is 926. The number of fused-ring (bicyclic) bond motifs is 1. The van der Waals surface area contributed by atoms with E-state index in [4.69, 9.17) is 16.3 Å². The Morgan fingerprint density at radius 3 is 2.96 bits per heavy atom. The van der Waals surface area contributed by atoms with Crippen LogP contribution in [0.3, 0.4) is 0 Å². The first-order chi connectivity index (χ1) is 12.5. The van der Waals surface area contributed by atoms with Crippen LogP contribution in [0.5, 0.6) is 5.75 Å². The largest absolute Gasteiger partial charge is 0.484 e. The molecule has 5 nitrogen and oxygen atoms in total. The summed E-state index contributed by atoms with van der Waals surface area (Å²) in [5.74, 6) is 0.757. The van der Waals surface area contributed by atoms with E-state index in [-0.39, 0.29) is 18.3 Å². The lowest BCUT2D eigenvalue weighted by Gasteiger charge is -2.09. The number of carbonyl (C=O) groups excluding carboxylic acids is 1. The first-order valence-electron chi connectivity index (χ1n) is 8.37. The minimum absolute atomic E-state index is 0.0733. The van der Waals surface area contributed by atoms with Crippen LogP contribution in [0.4, 0.5) is 4.39 Å². The van der Waals surface area contributed by atoms with Crippen LogP contribution >= 0.6 is 11.6 Å². The van der Waals surface area contributed by atoms with Crippen LogP contribution in [-0.4, -0.2) is 29.0 Å². The Morgan fingerprint density at radius 2 is 2.15 bits per heavy atom. The van der Waals surface area contributed by atoms with Crippen molar-refractivity contribution in [3.05, 3.63) is 58.6 Å². The van der Waals surface area contributed by atoms with Gasteiger partial charge in [-0.1, -0.05) is 18.5 Å². The summed E-state index contributed by atoms with van der Waals surface area (Å²) >= 11 is 6.06. The number of carbonyl (C=O) groups is 1. The molecule has 2 aromatic carbocycles. The van der Waals surface area contributed by atoms with Crippen LogP contribution in [0.2, 0.25) is 5.02 Å². The minimum Gasteiger partial charge on any atom is -0.484 e. The van der Waals surface area contributed by atoms with Crippen LogP contribution in [0.25, 0.3) is 11.0 Å². The van der Waals surface area contributed by atoms with Gasteiger partial charge in [-0.25, -0.2) is 9.37 Å². The number of aromatic nitrogens is 2. The number of hydrogen-bond donors (Lipinski definition) is 2. The monoisotopic (exact) mass is 375 g/mol. The van der Waals surface area contributed by atoms with E-state index in [2.05, 4.69) is 15.3 Å². The number of H-pyrrole nitrogens is 1. The number of aryl methyl sites for hydroxylation is 1. The van der Waals surface area contributed by atoms with Gasteiger partial charge in [-0.2, -0.15) is 0 Å². The third-order valence-electron chi connectivity index (χ3n) is 3.95. The molecule has 0 aliphatic heterocycles. The number of nitrogens with zero attached hydrogens (tertiary/aromatic N) is 1. The highest BCUT2D eigenvalue weighted by molar-refractivity contribution is 6.31. The smallest absolute Gasteiger partial charge is 0.257 e. The Hall–Kier alpha value is -2.60. The zero-order valence-corrected chi connectivity index (χ0v) is 15.1. The van der Waals surface area contributed by atoms with Crippen LogP contribution in [0.1, 0.15) is 18.3 Å². The molecular formula is C19H19ClFN3O2. The highest BCUT2D eigenvalue weighted by Crippen LogP contribution is 2.22. The molecule has 7 heteroatoms. The molecule has 0 saturated heterocycles. The molecule has 0 radical (unpaired) electrons. The lowest BCUT2D eigenvalue weighted by molar-refractivity contribution is -0.123. The van der Waals surface area contributed by atoms with Crippen molar-refractivity contribution in [2.45, 2.75) is 19.8 Å². The molecule has 1 aromatic heterocycles. The number of nitrogens with one attached hydrogen (secondary N) is 2. The number of hydrogen-bond acceptors (Lipinski definition) is 3. The topological polar surface area (TPSA) is 67.0 Å². The molecule has 0 aliphatic carbocycles. The van der Waals surface area contributed by atoms with E-state index in [1.54, 1.807) is 18.2 Å². The number of aromatic amines is 1. The number of rotatable bonds is 7. The van der Waals surface area contributed by atoms with Gasteiger partial charge in [-0.05, 0) is 42.3 Å². The highest BCUT2D eigenvalue weighted by Gasteiger charge is 2.07. The summed E-state index contributed by atoms with van der Waals surface area (Å²) in [6.45, 7) is 2.34. The van der Waals surface area contributed by atoms with E-state index in [9.17, 15) is 9.18 Å². The quantitative estimate of drug-likeness (QED) is 0.662. The fourth-order valence-electron chi connectivity index (χ4n) is 2.58. The Balaban J connectivity index is 1.46. The average molecular weight is 376 g/mol. The molecular weight excluding hydrogens is 357 g/mol. The first-order valence-corrected chi connectivity index (χ1v) is 8.75. The Morgan fingerprint density at radius 1 is 1.31 bits per heavy atom. The molecule has 3 aromatic rings. The molecule has 136 valence electrons. The average Bonchev–Trinajstić information content (AvgIpc) is 3.02. The second kappa shape index (κ2) is 8.19. The van der Waals surface area contributed by atoms with Gasteiger partial charge in [0.15, 0.2) is 6.61 Å². The summed E-state index contributed by atoms with van der Waals surface area (Å²) in [6, 6.07) is 9.73. The normalized spacial score (nSPS) is 10.9. The van der Waals surface area contributed by atoms with E-state index < -0.39 is 0 Å². The maximum absolute atomic E-state index is 13.2. The van der Waals surface area contributed by atoms with Crippen molar-refractivity contribution < 1.29 is 13.9 Å². The van der Waals surface area contributed by atoms with Crippen molar-refractivity contribution in [1.82, 2.24) is 15.3 Å². The molecule has 0 saturated carbocycles. The fraction of sp³-hybridized carbons (Fsp3) is 0.263. The summed E-state index contributed by atoms with van der Waals surface area (Å²) < 4.78 is 18.7. The van der Waals surface area contributed by atoms with E-state index in [1.807, 2.05) is 13.0 Å². The van der Waals surface area contributed by atoms with Crippen molar-refractivity contribution in [3.8, 4) is 5.75 Å². The van der Waals surface area contributed by atoms with Gasteiger partial charge in [0, 0.05) is 24.1 Å². The molecule has 0 spiro atoms. The molecule has 0 unspecified atom stereocenters. The Labute approximate surface area is 155 Å². The summed E-state index contributed by atoms with van der Waals surface area (Å²) in [5.41, 5.74) is 2.32. The SMILES string of the molecule is CCc1cc(OCC(=O)NCCc2nc3cc(F)ccc3[nH]2)ccc1Cl. The number of amides is 1. The van der Waals surface area contributed by atoms with Gasteiger partial charge in [0.05, 0.1) is 11.0 Å². The third-order valence-corrected chi connectivity index (χ3v) is 4.31. The highest BCUT2D eigenvalue weighted by atomic mass is 35.5. The lowest BCUT2D eigenvalue weighted by Crippen LogP contribution is -2.30. The standard InChI is InChI=1S/C19H19ClFN3O2/c1-2-12-9-14(4-5-15(12)20)26-11-19(25)22-8-7-18-23-16-6-3-13(21)10-17(16)24-18/h3-6,9-10H,2,7-8,11H2,1H3,(H,22,25)(H,23,24). The Kier molecular flexibility index (Phi) is 5.73. The van der Waals surface area contributed by atoms with Crippen LogP contribution in [0.15, 0.2) is 36.4 Å². The minimum atomic E-state index is -0.325. The number of ether oxygens (including phenoxy) is 1. The van der Waals surface area contributed by atoms with Crippen molar-refractivity contribution in [2.75, 3.05) is 13.2 Å². The fourth-order valence-corrected chi connectivity index (χ4v) is 2.83. The van der Waals surface area contributed by atoms with Crippen LogP contribution in [0, 0.1) is 5.82 Å². The molecule has 0 aliphatic rings. The lowest BCUT2D eigenvalue weighted by atomic mass is 10.1. The molecule has 1 heterocycles. The summed E-state index contributed by atoms with van der Waals surface area (Å²) in [7, 11) is 0. The van der Waals surface area contributed by atoms with Crippen LogP contribution < -0.4 is 10.1 Å². The second-order valence-corrected chi connectivity index (χ2v) is 6.25. The third kappa shape index (κ3) is 4.52. The van der Waals surface area contributed by atoms with E-state index in [1.165, 1.54) is 12.1 Å². The van der Waals surface area contributed by atoms with E-state index >= 15 is 0 Å². The first kappa shape index (κ1) is 18.2. The predicted molar refractivity (Wildman–Crippen MR) is 99.1 cm³/mol. The van der Waals surface area contributed by atoms with Crippen molar-refractivity contribution in [1.29, 1.82) is 0 Å². The van der Waals surface area contributed by atoms with Crippen molar-refractivity contribution in [2.24, 2.45) is 0 Å². The zero-order valence-electron chi connectivity index (χ0n) is 14.3.